The molecule has 0 unspecified atom stereocenters. The molecular weight excluding hydrogens is 356 g/mol. The Morgan fingerprint density at radius 3 is 2.44 bits per heavy atom. The van der Waals surface area contributed by atoms with Gasteiger partial charge in [0.05, 0.1) is 16.0 Å². The molecule has 0 aliphatic heterocycles. The predicted octanol–water partition coefficient (Wildman–Crippen LogP) is 0.805. The summed E-state index contributed by atoms with van der Waals surface area (Å²) in [4.78, 5) is 9.79. The van der Waals surface area contributed by atoms with Gasteiger partial charge in [-0.25, -0.2) is 13.6 Å². The highest BCUT2D eigenvalue weighted by Gasteiger charge is 2.19. The van der Waals surface area contributed by atoms with E-state index in [1.807, 2.05) is 0 Å². The van der Waals surface area contributed by atoms with Crippen LogP contribution in [0.15, 0.2) is 40.3 Å². The molecule has 0 aliphatic rings. The molecule has 6 N–H and O–H groups in total. The smallest absolute Gasteiger partial charge is 0.295 e. The summed E-state index contributed by atoms with van der Waals surface area (Å²) in [7, 11) is -4.11. The van der Waals surface area contributed by atoms with E-state index in [0.29, 0.717) is 0 Å². The van der Waals surface area contributed by atoms with Crippen LogP contribution in [0.1, 0.15) is 5.56 Å². The van der Waals surface area contributed by atoms with Gasteiger partial charge < -0.3 is 15.3 Å². The van der Waals surface area contributed by atoms with E-state index in [1.165, 1.54) is 6.07 Å². The van der Waals surface area contributed by atoms with E-state index in [1.54, 1.807) is 0 Å². The van der Waals surface area contributed by atoms with Crippen LogP contribution in [0, 0.1) is 10.1 Å². The third-order valence-corrected chi connectivity index (χ3v) is 3.96. The molecule has 0 heterocycles. The van der Waals surface area contributed by atoms with Crippen LogP contribution in [0.5, 0.6) is 17.2 Å². The molecule has 0 amide bonds. The van der Waals surface area contributed by atoms with Crippen molar-refractivity contribution in [3.05, 3.63) is 46.0 Å². The number of anilines is 1. The lowest BCUT2D eigenvalue weighted by Gasteiger charge is -2.05. The highest BCUT2D eigenvalue weighted by atomic mass is 32.2. The van der Waals surface area contributed by atoms with E-state index in [4.69, 9.17) is 5.14 Å². The van der Waals surface area contributed by atoms with E-state index in [2.05, 4.69) is 10.5 Å². The van der Waals surface area contributed by atoms with Gasteiger partial charge in [-0.15, -0.1) is 0 Å². The SMILES string of the molecule is NS(=O)(=O)c1ccc(NN=Cc2ccc(O)c(O)c2O)c([N+](=O)[O-])c1. The van der Waals surface area contributed by atoms with Gasteiger partial charge in [0.2, 0.25) is 15.8 Å². The third-order valence-electron chi connectivity index (χ3n) is 3.04. The summed E-state index contributed by atoms with van der Waals surface area (Å²) >= 11 is 0. The van der Waals surface area contributed by atoms with E-state index < -0.39 is 42.8 Å². The fraction of sp³-hybridized carbons (Fsp3) is 0. The number of phenolic OH excluding ortho intramolecular Hbond substituents is 3. The van der Waals surface area contributed by atoms with E-state index >= 15 is 0 Å². The van der Waals surface area contributed by atoms with Crippen molar-refractivity contribution in [1.29, 1.82) is 0 Å². The van der Waals surface area contributed by atoms with E-state index in [-0.39, 0.29) is 11.3 Å². The Kier molecular flexibility index (Phi) is 4.76. The number of hydrazone groups is 1. The van der Waals surface area contributed by atoms with E-state index in [9.17, 15) is 33.9 Å². The topological polar surface area (TPSA) is 188 Å². The van der Waals surface area contributed by atoms with Gasteiger partial charge in [0.15, 0.2) is 11.5 Å². The normalized spacial score (nSPS) is 11.6. The summed E-state index contributed by atoms with van der Waals surface area (Å²) in [6, 6.07) is 5.29. The summed E-state index contributed by atoms with van der Waals surface area (Å²) < 4.78 is 22.5. The number of nitro benzene ring substituents is 1. The number of phenols is 3. The summed E-state index contributed by atoms with van der Waals surface area (Å²) in [5.41, 5.74) is 1.63. The Hall–Kier alpha value is -3.38. The average Bonchev–Trinajstić information content (AvgIpc) is 2.54. The Morgan fingerprint density at radius 1 is 1.16 bits per heavy atom. The van der Waals surface area contributed by atoms with Gasteiger partial charge in [0.1, 0.15) is 5.69 Å². The lowest BCUT2D eigenvalue weighted by molar-refractivity contribution is -0.384. The van der Waals surface area contributed by atoms with Crippen molar-refractivity contribution in [3.63, 3.8) is 0 Å². The quantitative estimate of drug-likeness (QED) is 0.222. The third kappa shape index (κ3) is 3.94. The maximum atomic E-state index is 11.2. The van der Waals surface area contributed by atoms with Crippen LogP contribution < -0.4 is 10.6 Å². The Morgan fingerprint density at radius 2 is 1.84 bits per heavy atom. The fourth-order valence-corrected chi connectivity index (χ4v) is 2.33. The molecular formula is C13H12N4O7S. The Bertz CT molecular complexity index is 973. The lowest BCUT2D eigenvalue weighted by Crippen LogP contribution is -2.12. The molecule has 11 nitrogen and oxygen atoms in total. The van der Waals surface area contributed by atoms with Crippen LogP contribution in [0.4, 0.5) is 11.4 Å². The van der Waals surface area contributed by atoms with Gasteiger partial charge in [-0.3, -0.25) is 15.5 Å². The maximum absolute atomic E-state index is 11.2. The molecule has 0 fully saturated rings. The molecule has 0 bridgehead atoms. The number of nitrogens with zero attached hydrogens (tertiary/aromatic N) is 2. The highest BCUT2D eigenvalue weighted by molar-refractivity contribution is 7.89. The number of nitro groups is 1. The zero-order valence-corrected chi connectivity index (χ0v) is 13.1. The molecule has 2 aromatic carbocycles. The minimum atomic E-state index is -4.11. The molecule has 132 valence electrons. The predicted molar refractivity (Wildman–Crippen MR) is 87.1 cm³/mol. The van der Waals surface area contributed by atoms with Crippen LogP contribution in [-0.2, 0) is 10.0 Å². The number of aromatic hydroxyl groups is 3. The summed E-state index contributed by atoms with van der Waals surface area (Å²) in [5.74, 6) is -1.91. The molecule has 2 aromatic rings. The first-order chi connectivity index (χ1) is 11.6. The minimum absolute atomic E-state index is 0.0200. The van der Waals surface area contributed by atoms with Gasteiger partial charge in [-0.2, -0.15) is 5.10 Å². The number of nitrogens with two attached hydrogens (primary N) is 1. The van der Waals surface area contributed by atoms with Crippen molar-refractivity contribution in [3.8, 4) is 17.2 Å². The Labute approximate surface area is 140 Å². The monoisotopic (exact) mass is 368 g/mol. The number of sulfonamides is 1. The molecule has 0 aliphatic carbocycles. The second-order valence-corrected chi connectivity index (χ2v) is 6.28. The van der Waals surface area contributed by atoms with E-state index in [0.717, 1.165) is 30.5 Å². The van der Waals surface area contributed by atoms with Crippen molar-refractivity contribution in [2.75, 3.05) is 5.43 Å². The standard InChI is InChI=1S/C13H12N4O7S/c14-25(23,24)8-2-3-9(10(5-8)17(21)22)16-15-6-7-1-4-11(18)13(20)12(7)19/h1-6,16,18-20H,(H2,14,23,24). The molecule has 25 heavy (non-hydrogen) atoms. The average molecular weight is 368 g/mol. The number of hydrogen-bond donors (Lipinski definition) is 5. The van der Waals surface area contributed by atoms with Gasteiger partial charge in [-0.1, -0.05) is 0 Å². The Balaban J connectivity index is 2.32. The molecule has 0 spiro atoms. The summed E-state index contributed by atoms with van der Waals surface area (Å²) in [5, 5.41) is 47.9. The summed E-state index contributed by atoms with van der Waals surface area (Å²) in [6.45, 7) is 0. The van der Waals surface area contributed by atoms with Crippen molar-refractivity contribution in [2.45, 2.75) is 4.90 Å². The molecule has 0 saturated heterocycles. The van der Waals surface area contributed by atoms with Crippen LogP contribution in [0.2, 0.25) is 0 Å². The van der Waals surface area contributed by atoms with Crippen molar-refractivity contribution >= 4 is 27.6 Å². The highest BCUT2D eigenvalue weighted by Crippen LogP contribution is 2.36. The molecule has 0 radical (unpaired) electrons. The van der Waals surface area contributed by atoms with Crippen molar-refractivity contribution < 1.29 is 28.7 Å². The van der Waals surface area contributed by atoms with Crippen LogP contribution >= 0.6 is 0 Å². The molecule has 0 saturated carbocycles. The van der Waals surface area contributed by atoms with Gasteiger partial charge in [-0.05, 0) is 24.3 Å². The van der Waals surface area contributed by atoms with Crippen molar-refractivity contribution in [1.82, 2.24) is 0 Å². The first-order valence-corrected chi connectivity index (χ1v) is 8.00. The van der Waals surface area contributed by atoms with Crippen molar-refractivity contribution in [2.24, 2.45) is 10.2 Å². The minimum Gasteiger partial charge on any atom is -0.504 e. The second kappa shape index (κ2) is 6.62. The molecule has 0 atom stereocenters. The zero-order valence-electron chi connectivity index (χ0n) is 12.3. The van der Waals surface area contributed by atoms with Gasteiger partial charge in [0, 0.05) is 11.6 Å². The lowest BCUT2D eigenvalue weighted by atomic mass is 10.2. The number of benzene rings is 2. The number of primary sulfonamides is 1. The second-order valence-electron chi connectivity index (χ2n) is 4.72. The van der Waals surface area contributed by atoms with Gasteiger partial charge >= 0.3 is 0 Å². The number of rotatable bonds is 5. The largest absolute Gasteiger partial charge is 0.504 e. The first kappa shape index (κ1) is 18.0. The fourth-order valence-electron chi connectivity index (χ4n) is 1.79. The zero-order chi connectivity index (χ0) is 18.8. The maximum Gasteiger partial charge on any atom is 0.295 e. The van der Waals surface area contributed by atoms with Crippen LogP contribution in [-0.4, -0.2) is 34.9 Å². The number of hydrogen-bond acceptors (Lipinski definition) is 9. The summed E-state index contributed by atoms with van der Waals surface area (Å²) in [6.07, 6.45) is 1.03. The van der Waals surface area contributed by atoms with Gasteiger partial charge in [0.25, 0.3) is 5.69 Å². The van der Waals surface area contributed by atoms with Crippen LogP contribution in [0.3, 0.4) is 0 Å². The molecule has 2 rings (SSSR count). The first-order valence-electron chi connectivity index (χ1n) is 6.45. The number of nitrogens with one attached hydrogen (secondary N) is 1. The molecule has 0 aromatic heterocycles. The molecule has 12 heteroatoms. The van der Waals surface area contributed by atoms with Crippen LogP contribution in [0.25, 0.3) is 0 Å².